The van der Waals surface area contributed by atoms with Gasteiger partial charge in [0.05, 0.1) is 7.11 Å². The Morgan fingerprint density at radius 1 is 1.36 bits per heavy atom. The second-order valence-electron chi connectivity index (χ2n) is 4.87. The van der Waals surface area contributed by atoms with Crippen molar-refractivity contribution in [2.75, 3.05) is 7.11 Å². The highest BCUT2D eigenvalue weighted by Gasteiger charge is 2.52. The smallest absolute Gasteiger partial charge is 0.413 e. The summed E-state index contributed by atoms with van der Waals surface area (Å²) in [5, 5.41) is 0.280. The lowest BCUT2D eigenvalue weighted by molar-refractivity contribution is -0.196. The Morgan fingerprint density at radius 3 is 2.45 bits per heavy atom. The number of amides is 1. The molecule has 120 valence electrons. The first-order valence-electron chi connectivity index (χ1n) is 6.47. The lowest BCUT2D eigenvalue weighted by Gasteiger charge is -2.33. The molecule has 1 aromatic carbocycles. The van der Waals surface area contributed by atoms with Crippen molar-refractivity contribution in [1.29, 1.82) is 0 Å². The number of nitrogens with zero attached hydrogens (tertiary/aromatic N) is 1. The number of benzene rings is 1. The SMILES string of the molecule is COC(=O)C1CCC(=O)N1C(c1ccc(Cl)cc1)C(F)(F)F. The van der Waals surface area contributed by atoms with Crippen molar-refractivity contribution in [3.63, 3.8) is 0 Å². The van der Waals surface area contributed by atoms with Gasteiger partial charge in [-0.15, -0.1) is 0 Å². The van der Waals surface area contributed by atoms with Crippen molar-refractivity contribution in [1.82, 2.24) is 4.90 Å². The number of carbonyl (C=O) groups is 2. The van der Waals surface area contributed by atoms with E-state index < -0.39 is 30.1 Å². The van der Waals surface area contributed by atoms with Crippen molar-refractivity contribution < 1.29 is 27.5 Å². The highest BCUT2D eigenvalue weighted by atomic mass is 35.5. The van der Waals surface area contributed by atoms with Crippen molar-refractivity contribution in [3.05, 3.63) is 34.9 Å². The lowest BCUT2D eigenvalue weighted by Crippen LogP contribution is -2.47. The van der Waals surface area contributed by atoms with Crippen LogP contribution < -0.4 is 0 Å². The Hall–Kier alpha value is -1.76. The van der Waals surface area contributed by atoms with E-state index in [0.717, 1.165) is 7.11 Å². The van der Waals surface area contributed by atoms with Crippen LogP contribution in [0.2, 0.25) is 5.02 Å². The summed E-state index contributed by atoms with van der Waals surface area (Å²) < 4.78 is 45.0. The molecule has 1 amide bonds. The van der Waals surface area contributed by atoms with Crippen LogP contribution >= 0.6 is 11.6 Å². The van der Waals surface area contributed by atoms with Gasteiger partial charge in [0.25, 0.3) is 0 Å². The summed E-state index contributed by atoms with van der Waals surface area (Å²) in [4.78, 5) is 24.2. The summed E-state index contributed by atoms with van der Waals surface area (Å²) in [6.45, 7) is 0. The fourth-order valence-corrected chi connectivity index (χ4v) is 2.67. The molecule has 0 aromatic heterocycles. The minimum Gasteiger partial charge on any atom is -0.467 e. The second kappa shape index (κ2) is 6.16. The Balaban J connectivity index is 2.46. The highest BCUT2D eigenvalue weighted by Crippen LogP contribution is 2.42. The average Bonchev–Trinajstić information content (AvgIpc) is 2.81. The molecule has 1 heterocycles. The number of halogens is 4. The maximum atomic E-state index is 13.5. The van der Waals surface area contributed by atoms with Gasteiger partial charge in [-0.2, -0.15) is 13.2 Å². The zero-order valence-electron chi connectivity index (χ0n) is 11.6. The van der Waals surface area contributed by atoms with Crippen LogP contribution in [0.4, 0.5) is 13.2 Å². The zero-order chi connectivity index (χ0) is 16.5. The topological polar surface area (TPSA) is 46.6 Å². The third kappa shape index (κ3) is 3.19. The fraction of sp³-hybridized carbons (Fsp3) is 0.429. The molecule has 0 saturated carbocycles. The summed E-state index contributed by atoms with van der Waals surface area (Å²) in [6.07, 6.45) is -4.84. The van der Waals surface area contributed by atoms with Gasteiger partial charge >= 0.3 is 12.1 Å². The number of esters is 1. The second-order valence-corrected chi connectivity index (χ2v) is 5.31. The van der Waals surface area contributed by atoms with E-state index in [4.69, 9.17) is 11.6 Å². The first kappa shape index (κ1) is 16.6. The van der Waals surface area contributed by atoms with Crippen LogP contribution in [0, 0.1) is 0 Å². The van der Waals surface area contributed by atoms with Crippen LogP contribution in [-0.2, 0) is 14.3 Å². The molecule has 1 aliphatic rings. The highest BCUT2D eigenvalue weighted by molar-refractivity contribution is 6.30. The Morgan fingerprint density at radius 2 is 1.95 bits per heavy atom. The molecule has 2 rings (SSSR count). The molecule has 22 heavy (non-hydrogen) atoms. The van der Waals surface area contributed by atoms with Crippen molar-refractivity contribution in [2.45, 2.75) is 31.1 Å². The summed E-state index contributed by atoms with van der Waals surface area (Å²) in [6, 6.07) is 1.57. The molecule has 2 atom stereocenters. The fourth-order valence-electron chi connectivity index (χ4n) is 2.55. The molecular weight excluding hydrogens is 323 g/mol. The van der Waals surface area contributed by atoms with Crippen LogP contribution in [0.15, 0.2) is 24.3 Å². The number of carbonyl (C=O) groups excluding carboxylic acids is 2. The zero-order valence-corrected chi connectivity index (χ0v) is 12.3. The number of rotatable bonds is 3. The maximum absolute atomic E-state index is 13.5. The van der Waals surface area contributed by atoms with E-state index in [1.807, 2.05) is 0 Å². The van der Waals surface area contributed by atoms with E-state index >= 15 is 0 Å². The van der Waals surface area contributed by atoms with E-state index in [-0.39, 0.29) is 23.4 Å². The van der Waals surface area contributed by atoms with Gasteiger partial charge in [0.2, 0.25) is 5.91 Å². The average molecular weight is 336 g/mol. The Labute approximate surface area is 129 Å². The molecule has 0 radical (unpaired) electrons. The lowest BCUT2D eigenvalue weighted by atomic mass is 10.0. The Kier molecular flexibility index (Phi) is 4.65. The van der Waals surface area contributed by atoms with Crippen LogP contribution in [0.3, 0.4) is 0 Å². The monoisotopic (exact) mass is 335 g/mol. The third-order valence-corrected chi connectivity index (χ3v) is 3.75. The first-order chi connectivity index (χ1) is 10.3. The largest absolute Gasteiger partial charge is 0.467 e. The van der Waals surface area contributed by atoms with Crippen molar-refractivity contribution in [3.8, 4) is 0 Å². The number of likely N-dealkylation sites (tertiary alicyclic amines) is 1. The minimum absolute atomic E-state index is 0.00563. The summed E-state index contributed by atoms with van der Waals surface area (Å²) in [5.41, 5.74) is -0.152. The quantitative estimate of drug-likeness (QED) is 0.797. The van der Waals surface area contributed by atoms with Gasteiger partial charge in [0, 0.05) is 11.4 Å². The van der Waals surface area contributed by atoms with Gasteiger partial charge in [-0.25, -0.2) is 4.79 Å². The molecule has 1 aliphatic heterocycles. The summed E-state index contributed by atoms with van der Waals surface area (Å²) >= 11 is 5.68. The molecule has 1 aromatic rings. The molecule has 1 saturated heterocycles. The Bertz CT molecular complexity index is 574. The summed E-state index contributed by atoms with van der Waals surface area (Å²) in [7, 11) is 1.08. The van der Waals surface area contributed by atoms with Gasteiger partial charge in [0.1, 0.15) is 6.04 Å². The molecule has 2 unspecified atom stereocenters. The van der Waals surface area contributed by atoms with E-state index in [1.54, 1.807) is 0 Å². The maximum Gasteiger partial charge on any atom is 0.413 e. The van der Waals surface area contributed by atoms with E-state index in [2.05, 4.69) is 4.74 Å². The number of ether oxygens (including phenoxy) is 1. The van der Waals surface area contributed by atoms with Gasteiger partial charge in [-0.1, -0.05) is 23.7 Å². The standard InChI is InChI=1S/C14H13ClF3NO3/c1-22-13(21)10-6-7-11(20)19(10)12(14(16,17)18)8-2-4-9(15)5-3-8/h2-5,10,12H,6-7H2,1H3. The number of hydrogen-bond acceptors (Lipinski definition) is 3. The van der Waals surface area contributed by atoms with E-state index in [9.17, 15) is 22.8 Å². The van der Waals surface area contributed by atoms with E-state index in [1.165, 1.54) is 24.3 Å². The van der Waals surface area contributed by atoms with Crippen molar-refractivity contribution >= 4 is 23.5 Å². The van der Waals surface area contributed by atoms with Crippen LogP contribution in [0.5, 0.6) is 0 Å². The van der Waals surface area contributed by atoms with Crippen LogP contribution in [0.25, 0.3) is 0 Å². The molecule has 0 N–H and O–H groups in total. The number of alkyl halides is 3. The molecule has 8 heteroatoms. The third-order valence-electron chi connectivity index (χ3n) is 3.50. The normalized spacial score (nSPS) is 20.1. The predicted octanol–water partition coefficient (Wildman–Crippen LogP) is 3.11. The molecule has 0 aliphatic carbocycles. The van der Waals surface area contributed by atoms with Gasteiger partial charge in [-0.05, 0) is 24.1 Å². The first-order valence-corrected chi connectivity index (χ1v) is 6.84. The number of hydrogen-bond donors (Lipinski definition) is 0. The van der Waals surface area contributed by atoms with Crippen LogP contribution in [-0.4, -0.2) is 36.1 Å². The van der Waals surface area contributed by atoms with Crippen molar-refractivity contribution in [2.24, 2.45) is 0 Å². The minimum atomic E-state index is -4.72. The molecule has 0 spiro atoms. The van der Waals surface area contributed by atoms with Gasteiger partial charge in [-0.3, -0.25) is 4.79 Å². The molecule has 4 nitrogen and oxygen atoms in total. The number of methoxy groups -OCH3 is 1. The van der Waals surface area contributed by atoms with Gasteiger partial charge < -0.3 is 9.64 Å². The predicted molar refractivity (Wildman–Crippen MR) is 72.1 cm³/mol. The van der Waals surface area contributed by atoms with Gasteiger partial charge in [0.15, 0.2) is 6.04 Å². The summed E-state index contributed by atoms with van der Waals surface area (Å²) in [5.74, 6) is -1.58. The van der Waals surface area contributed by atoms with Crippen LogP contribution in [0.1, 0.15) is 24.4 Å². The van der Waals surface area contributed by atoms with E-state index in [0.29, 0.717) is 4.90 Å². The molecule has 1 fully saturated rings. The molecular formula is C14H13ClF3NO3. The molecule has 0 bridgehead atoms.